The van der Waals surface area contributed by atoms with Crippen LogP contribution >= 0.6 is 10.2 Å². The summed E-state index contributed by atoms with van der Waals surface area (Å²) in [5.41, 5.74) is -0.0385. The highest BCUT2D eigenvalue weighted by Crippen LogP contribution is 3.02. The third-order valence-electron chi connectivity index (χ3n) is 7.05. The molecule has 204 valence electrons. The summed E-state index contributed by atoms with van der Waals surface area (Å²) in [6.45, 7) is 3.17. The molecule has 0 amide bonds. The fraction of sp³-hybridized carbons (Fsp3) is 0.583. The molecule has 0 radical (unpaired) electrons. The van der Waals surface area contributed by atoms with Gasteiger partial charge in [0, 0.05) is 6.08 Å². The van der Waals surface area contributed by atoms with Gasteiger partial charge in [-0.3, -0.25) is 4.79 Å². The maximum absolute atomic E-state index is 14.0. The lowest BCUT2D eigenvalue weighted by molar-refractivity contribution is -0.153. The van der Waals surface area contributed by atoms with Gasteiger partial charge in [-0.25, -0.2) is 13.6 Å². The van der Waals surface area contributed by atoms with E-state index in [4.69, 9.17) is 9.47 Å². The van der Waals surface area contributed by atoms with Crippen LogP contribution in [0, 0.1) is 23.5 Å². The van der Waals surface area contributed by atoms with Gasteiger partial charge >= 0.3 is 22.2 Å². The summed E-state index contributed by atoms with van der Waals surface area (Å²) in [6.07, 6.45) is 6.08. The molecule has 2 saturated carbocycles. The molecule has 0 aliphatic heterocycles. The molecule has 0 heterocycles. The van der Waals surface area contributed by atoms with Crippen LogP contribution in [0.3, 0.4) is 0 Å². The van der Waals surface area contributed by atoms with E-state index in [1.54, 1.807) is 0 Å². The van der Waals surface area contributed by atoms with E-state index in [9.17, 15) is 37.8 Å². The lowest BCUT2D eigenvalue weighted by Gasteiger charge is -2.41. The average Bonchev–Trinajstić information content (AvgIpc) is 2.77. The first-order chi connectivity index (χ1) is 16.6. The van der Waals surface area contributed by atoms with E-state index in [0.29, 0.717) is 62.5 Å². The molecule has 0 saturated heterocycles. The van der Waals surface area contributed by atoms with Crippen molar-refractivity contribution in [2.75, 3.05) is 6.61 Å². The summed E-state index contributed by atoms with van der Waals surface area (Å²) in [4.78, 5) is 19.8. The molecule has 4 nitrogen and oxygen atoms in total. The second-order valence-electron chi connectivity index (χ2n) is 9.54. The summed E-state index contributed by atoms with van der Waals surface area (Å²) in [5.74, 6) is -5.37. The first-order valence-electron chi connectivity index (χ1n) is 11.8. The number of esters is 2. The minimum Gasteiger partial charge on any atom is -0.462 e. The third kappa shape index (κ3) is 7.39. The van der Waals surface area contributed by atoms with Gasteiger partial charge in [-0.1, -0.05) is 26.0 Å². The first-order valence-corrected chi connectivity index (χ1v) is 13.7. The van der Waals surface area contributed by atoms with E-state index in [1.807, 2.05) is 0 Å². The quantitative estimate of drug-likeness (QED) is 0.188. The minimum absolute atomic E-state index is 0.0385. The Balaban J connectivity index is 1.48. The van der Waals surface area contributed by atoms with Crippen molar-refractivity contribution in [3.63, 3.8) is 0 Å². The lowest BCUT2D eigenvalue weighted by Crippen LogP contribution is -2.29. The predicted octanol–water partition coefficient (Wildman–Crippen LogP) is 8.12. The van der Waals surface area contributed by atoms with Crippen molar-refractivity contribution in [2.24, 2.45) is 11.8 Å². The average molecular weight is 547 g/mol. The molecule has 12 heteroatoms. The molecule has 0 spiro atoms. The highest BCUT2D eigenvalue weighted by Gasteiger charge is 2.69. The van der Waals surface area contributed by atoms with Crippen molar-refractivity contribution < 1.29 is 47.3 Å². The van der Waals surface area contributed by atoms with Gasteiger partial charge in [0.05, 0.1) is 6.42 Å². The van der Waals surface area contributed by atoms with Crippen molar-refractivity contribution in [1.82, 2.24) is 0 Å². The van der Waals surface area contributed by atoms with Crippen molar-refractivity contribution in [3.05, 3.63) is 42.0 Å². The molecule has 0 unspecified atom stereocenters. The van der Waals surface area contributed by atoms with Crippen LogP contribution in [0.4, 0.5) is 28.2 Å². The Morgan fingerprint density at radius 3 is 1.86 bits per heavy atom. The van der Waals surface area contributed by atoms with E-state index >= 15 is 0 Å². The number of carbonyl (C=O) groups is 2. The number of halogens is 7. The van der Waals surface area contributed by atoms with Crippen LogP contribution in [-0.4, -0.2) is 24.6 Å². The van der Waals surface area contributed by atoms with Crippen LogP contribution in [0.1, 0.15) is 69.3 Å². The largest absolute Gasteiger partial charge is 0.462 e. The molecular weight excluding hydrogens is 517 g/mol. The number of ether oxygens (including phenoxy) is 2. The van der Waals surface area contributed by atoms with Crippen molar-refractivity contribution in [1.29, 1.82) is 0 Å². The Morgan fingerprint density at radius 2 is 1.39 bits per heavy atom. The minimum atomic E-state index is -10.5. The summed E-state index contributed by atoms with van der Waals surface area (Å²) in [7, 11) is -10.5. The van der Waals surface area contributed by atoms with E-state index in [0.717, 1.165) is 18.9 Å². The zero-order valence-corrected chi connectivity index (χ0v) is 20.3. The normalized spacial score (nSPS) is 26.9. The molecular formula is C24H29F7O4S. The summed E-state index contributed by atoms with van der Waals surface area (Å²) >= 11 is 0. The number of rotatable bonds is 8. The van der Waals surface area contributed by atoms with Crippen LogP contribution in [0.2, 0.25) is 0 Å². The van der Waals surface area contributed by atoms with E-state index in [-0.39, 0.29) is 24.7 Å². The topological polar surface area (TPSA) is 52.6 Å². The standard InChI is InChI=1S/C24H29F7O4S/c1-2-22(32)34-12-11-23(33)35-19-9-7-16(8-10-19)15-3-5-17(6-4-15)18-13-20(25)24(21(26)14-18)36(27,28,29,30)31/h2,13-17,19H,1,3-12H2. The van der Waals surface area contributed by atoms with Crippen molar-refractivity contribution in [2.45, 2.75) is 74.7 Å². The van der Waals surface area contributed by atoms with Gasteiger partial charge in [0.2, 0.25) is 0 Å². The van der Waals surface area contributed by atoms with E-state index in [1.165, 1.54) is 0 Å². The summed E-state index contributed by atoms with van der Waals surface area (Å²) in [5, 5.41) is 0. The van der Waals surface area contributed by atoms with E-state index in [2.05, 4.69) is 6.58 Å². The molecule has 2 aliphatic rings. The Labute approximate surface area is 204 Å². The number of benzene rings is 1. The zero-order chi connectivity index (χ0) is 26.8. The van der Waals surface area contributed by atoms with Crippen LogP contribution in [0.25, 0.3) is 0 Å². The molecule has 1 aromatic carbocycles. The Hall–Kier alpha value is -2.24. The highest BCUT2D eigenvalue weighted by molar-refractivity contribution is 8.45. The van der Waals surface area contributed by atoms with Gasteiger partial charge in [-0.2, -0.15) is 0 Å². The molecule has 3 rings (SSSR count). The highest BCUT2D eigenvalue weighted by atomic mass is 32.5. The smallest absolute Gasteiger partial charge is 0.330 e. The Morgan fingerprint density at radius 1 is 0.889 bits per heavy atom. The number of hydrogen-bond acceptors (Lipinski definition) is 4. The Bertz CT molecular complexity index is 973. The maximum Gasteiger partial charge on any atom is 0.330 e. The molecule has 36 heavy (non-hydrogen) atoms. The third-order valence-corrected chi connectivity index (χ3v) is 8.21. The van der Waals surface area contributed by atoms with Gasteiger partial charge in [0.15, 0.2) is 4.90 Å². The van der Waals surface area contributed by atoms with E-state index < -0.39 is 44.6 Å². The number of hydrogen-bond donors (Lipinski definition) is 0. The van der Waals surface area contributed by atoms with Crippen LogP contribution < -0.4 is 0 Å². The second-order valence-corrected chi connectivity index (χ2v) is 11.9. The maximum atomic E-state index is 14.0. The van der Waals surface area contributed by atoms with Gasteiger partial charge in [0.1, 0.15) is 24.3 Å². The predicted molar refractivity (Wildman–Crippen MR) is 120 cm³/mol. The van der Waals surface area contributed by atoms with Gasteiger partial charge in [-0.05, 0) is 86.8 Å². The summed E-state index contributed by atoms with van der Waals surface area (Å²) in [6, 6.07) is 0.776. The van der Waals surface area contributed by atoms with Gasteiger partial charge in [-0.15, -0.1) is 0 Å². The molecule has 1 aromatic rings. The fourth-order valence-corrected chi connectivity index (χ4v) is 6.18. The lowest BCUT2D eigenvalue weighted by atomic mass is 9.69. The van der Waals surface area contributed by atoms with Crippen LogP contribution in [0.15, 0.2) is 29.7 Å². The fourth-order valence-electron chi connectivity index (χ4n) is 5.32. The summed E-state index contributed by atoms with van der Waals surface area (Å²) < 4.78 is 103. The Kier molecular flexibility index (Phi) is 7.80. The zero-order valence-electron chi connectivity index (χ0n) is 19.5. The van der Waals surface area contributed by atoms with Crippen LogP contribution in [0.5, 0.6) is 0 Å². The first kappa shape index (κ1) is 28.3. The molecule has 0 aromatic heterocycles. The molecule has 2 aliphatic carbocycles. The van der Waals surface area contributed by atoms with Crippen LogP contribution in [-0.2, 0) is 19.1 Å². The van der Waals surface area contributed by atoms with Gasteiger partial charge in [0.25, 0.3) is 0 Å². The molecule has 2 fully saturated rings. The molecule has 0 bridgehead atoms. The monoisotopic (exact) mass is 546 g/mol. The SMILES string of the molecule is C=CC(=O)OCCC(=O)OC1CCC(C2CCC(c3cc(F)c(S(F)(F)(F)(F)F)c(F)c3)CC2)CC1. The molecule has 0 N–H and O–H groups in total. The number of carbonyl (C=O) groups excluding carboxylic acids is 2. The van der Waals surface area contributed by atoms with Gasteiger partial charge < -0.3 is 9.47 Å². The molecule has 0 atom stereocenters. The second kappa shape index (κ2) is 9.90. The van der Waals surface area contributed by atoms with Crippen molar-refractivity contribution in [3.8, 4) is 0 Å². The van der Waals surface area contributed by atoms with Crippen molar-refractivity contribution >= 4 is 22.2 Å².